The number of methoxy groups -OCH3 is 1. The van der Waals surface area contributed by atoms with Crippen molar-refractivity contribution in [3.63, 3.8) is 0 Å². The van der Waals surface area contributed by atoms with Gasteiger partial charge in [-0.25, -0.2) is 4.79 Å². The molecule has 0 aliphatic carbocycles. The van der Waals surface area contributed by atoms with E-state index in [1.54, 1.807) is 7.11 Å². The second-order valence-electron chi connectivity index (χ2n) is 4.32. The second kappa shape index (κ2) is 6.71. The van der Waals surface area contributed by atoms with Crippen molar-refractivity contribution >= 4 is 27.7 Å². The molecule has 1 aromatic heterocycles. The molecule has 2 aromatic carbocycles. The molecule has 102 valence electrons. The van der Waals surface area contributed by atoms with Crippen LogP contribution in [0, 0.1) is 0 Å². The van der Waals surface area contributed by atoms with Crippen LogP contribution in [0.4, 0.5) is 0 Å². The summed E-state index contributed by atoms with van der Waals surface area (Å²) in [6.07, 6.45) is 0. The van der Waals surface area contributed by atoms with Gasteiger partial charge in [-0.15, -0.1) is 0 Å². The van der Waals surface area contributed by atoms with Gasteiger partial charge in [-0.1, -0.05) is 36.4 Å². The van der Waals surface area contributed by atoms with Gasteiger partial charge in [0.1, 0.15) is 5.94 Å². The highest BCUT2D eigenvalue weighted by molar-refractivity contribution is 6.07. The Bertz CT molecular complexity index is 684. The molecule has 3 rings (SSSR count). The molecule has 0 unspecified atom stereocenters. The van der Waals surface area contributed by atoms with E-state index in [2.05, 4.69) is 59.7 Å². The van der Waals surface area contributed by atoms with Gasteiger partial charge in [0.25, 0.3) is 0 Å². The van der Waals surface area contributed by atoms with Crippen molar-refractivity contribution in [2.75, 3.05) is 13.7 Å². The fraction of sp³-hybridized carbons (Fsp3) is 0.176. The number of nitrogens with zero attached hydrogens (tertiary/aromatic N) is 1. The molecule has 0 spiro atoms. The molecule has 0 saturated carbocycles. The summed E-state index contributed by atoms with van der Waals surface area (Å²) in [7, 11) is 1.74. The van der Waals surface area contributed by atoms with Crippen LogP contribution in [-0.4, -0.2) is 24.2 Å². The number of aromatic nitrogens is 1. The maximum absolute atomic E-state index is 8.57. The van der Waals surface area contributed by atoms with Gasteiger partial charge in [-0.2, -0.15) is 0 Å². The number of carbonyl (C=O) groups excluding carboxylic acids is 1. The molecule has 0 bridgehead atoms. The molecule has 0 fully saturated rings. The van der Waals surface area contributed by atoms with E-state index in [0.29, 0.717) is 0 Å². The summed E-state index contributed by atoms with van der Waals surface area (Å²) < 4.78 is 7.52. The van der Waals surface area contributed by atoms with Gasteiger partial charge < -0.3 is 9.30 Å². The highest BCUT2D eigenvalue weighted by atomic mass is 16.5. The maximum Gasteiger partial charge on any atom is 0.116 e. The maximum atomic E-state index is 8.57. The molecule has 3 nitrogen and oxygen atoms in total. The fourth-order valence-electron chi connectivity index (χ4n) is 2.43. The number of benzene rings is 2. The van der Waals surface area contributed by atoms with Crippen molar-refractivity contribution in [1.29, 1.82) is 0 Å². The molecule has 20 heavy (non-hydrogen) atoms. The summed E-state index contributed by atoms with van der Waals surface area (Å²) in [4.78, 5) is 8.57. The zero-order chi connectivity index (χ0) is 14.4. The van der Waals surface area contributed by atoms with E-state index in [1.807, 2.05) is 0 Å². The smallest absolute Gasteiger partial charge is 0.116 e. The third-order valence-corrected chi connectivity index (χ3v) is 3.20. The number of hydrogen-bond acceptors (Lipinski definition) is 2. The van der Waals surface area contributed by atoms with Crippen molar-refractivity contribution in [3.05, 3.63) is 55.1 Å². The molecule has 0 N–H and O–H groups in total. The first-order valence-electron chi connectivity index (χ1n) is 6.42. The van der Waals surface area contributed by atoms with E-state index >= 15 is 0 Å². The number of hydrogen-bond donors (Lipinski definition) is 0. The minimum absolute atomic E-state index is 0.739. The van der Waals surface area contributed by atoms with E-state index < -0.39 is 0 Å². The van der Waals surface area contributed by atoms with Gasteiger partial charge in [-0.3, -0.25) is 0 Å². The molecule has 0 saturated heterocycles. The van der Waals surface area contributed by atoms with E-state index in [-0.39, 0.29) is 0 Å². The predicted octanol–water partition coefficient (Wildman–Crippen LogP) is 3.44. The lowest BCUT2D eigenvalue weighted by molar-refractivity contribution is 0.189. The zero-order valence-corrected chi connectivity index (χ0v) is 11.5. The topological polar surface area (TPSA) is 31.2 Å². The molecule has 0 atom stereocenters. The van der Waals surface area contributed by atoms with Crippen molar-refractivity contribution in [2.45, 2.75) is 6.54 Å². The van der Waals surface area contributed by atoms with Crippen LogP contribution in [0.15, 0.2) is 55.1 Å². The molecular weight excluding hydrogens is 250 g/mol. The van der Waals surface area contributed by atoms with Crippen LogP contribution in [0.25, 0.3) is 21.8 Å². The van der Waals surface area contributed by atoms with Crippen LogP contribution < -0.4 is 0 Å². The quantitative estimate of drug-likeness (QED) is 0.681. The Kier molecular flexibility index (Phi) is 4.72. The first-order chi connectivity index (χ1) is 9.83. The van der Waals surface area contributed by atoms with Crippen LogP contribution in [0.1, 0.15) is 0 Å². The Labute approximate surface area is 118 Å². The molecule has 3 aromatic rings. The molecule has 0 amide bonds. The lowest BCUT2D eigenvalue weighted by atomic mass is 10.2. The van der Waals surface area contributed by atoms with Gasteiger partial charge in [0, 0.05) is 35.5 Å². The summed E-state index contributed by atoms with van der Waals surface area (Å²) in [5.74, 6) is 1.25. The first kappa shape index (κ1) is 14.1. The Balaban J connectivity index is 0.000000452. The van der Waals surface area contributed by atoms with Gasteiger partial charge in [0.05, 0.1) is 6.61 Å². The second-order valence-corrected chi connectivity index (χ2v) is 4.32. The first-order valence-corrected chi connectivity index (χ1v) is 6.42. The highest BCUT2D eigenvalue weighted by Gasteiger charge is 2.08. The standard InChI is InChI=1S/C15H15NO.C2H2O/c1-17-11-10-16-14-8-4-2-6-12(14)13-7-3-5-9-15(13)16;1-2-3/h2-9H,10-11H2,1H3;1H2. The lowest BCUT2D eigenvalue weighted by Gasteiger charge is -2.05. The lowest BCUT2D eigenvalue weighted by Crippen LogP contribution is -2.03. The van der Waals surface area contributed by atoms with Crippen LogP contribution in [0.3, 0.4) is 0 Å². The molecular formula is C17H17NO2. The predicted molar refractivity (Wildman–Crippen MR) is 82.6 cm³/mol. The monoisotopic (exact) mass is 267 g/mol. The van der Waals surface area contributed by atoms with Crippen LogP contribution in [0.5, 0.6) is 0 Å². The Morgan fingerprint density at radius 1 is 1.05 bits per heavy atom. The van der Waals surface area contributed by atoms with Crippen LogP contribution >= 0.6 is 0 Å². The zero-order valence-electron chi connectivity index (χ0n) is 11.5. The number of fused-ring (bicyclic) bond motifs is 3. The largest absolute Gasteiger partial charge is 0.383 e. The molecule has 0 aliphatic rings. The van der Waals surface area contributed by atoms with E-state index in [0.717, 1.165) is 13.2 Å². The SMILES string of the molecule is C=C=O.COCCn1c2ccccc2c2ccccc21. The van der Waals surface area contributed by atoms with Crippen LogP contribution in [0.2, 0.25) is 0 Å². The van der Waals surface area contributed by atoms with Gasteiger partial charge >= 0.3 is 0 Å². The Hall–Kier alpha value is -2.35. The average molecular weight is 267 g/mol. The summed E-state index contributed by atoms with van der Waals surface area (Å²) in [5, 5.41) is 2.64. The van der Waals surface area contributed by atoms with E-state index in [1.165, 1.54) is 27.7 Å². The normalized spacial score (nSPS) is 10.1. The summed E-state index contributed by atoms with van der Waals surface area (Å²) >= 11 is 0. The molecule has 1 heterocycles. The van der Waals surface area contributed by atoms with Crippen molar-refractivity contribution in [2.24, 2.45) is 0 Å². The average Bonchev–Trinajstić information content (AvgIpc) is 2.80. The summed E-state index contributed by atoms with van der Waals surface area (Å²) in [5.41, 5.74) is 2.57. The van der Waals surface area contributed by atoms with Crippen LogP contribution in [-0.2, 0) is 16.1 Å². The molecule has 3 heteroatoms. The number of rotatable bonds is 3. The highest BCUT2D eigenvalue weighted by Crippen LogP contribution is 2.28. The number of para-hydroxylation sites is 2. The minimum Gasteiger partial charge on any atom is -0.383 e. The summed E-state index contributed by atoms with van der Waals surface area (Å²) in [6, 6.07) is 17.1. The van der Waals surface area contributed by atoms with Gasteiger partial charge in [-0.05, 0) is 18.7 Å². The number of ether oxygens (including phenoxy) is 1. The minimum atomic E-state index is 0.739. The van der Waals surface area contributed by atoms with Gasteiger partial charge in [0.15, 0.2) is 0 Å². The van der Waals surface area contributed by atoms with Crippen molar-refractivity contribution in [1.82, 2.24) is 4.57 Å². The third kappa shape index (κ3) is 2.64. The van der Waals surface area contributed by atoms with Crippen molar-refractivity contribution in [3.8, 4) is 0 Å². The fourth-order valence-corrected chi connectivity index (χ4v) is 2.43. The summed E-state index contributed by atoms with van der Waals surface area (Å²) in [6.45, 7) is 4.31. The van der Waals surface area contributed by atoms with Gasteiger partial charge in [0.2, 0.25) is 0 Å². The van der Waals surface area contributed by atoms with E-state index in [4.69, 9.17) is 9.53 Å². The molecule has 0 radical (unpaired) electrons. The molecule has 0 aliphatic heterocycles. The Morgan fingerprint density at radius 3 is 1.95 bits per heavy atom. The Morgan fingerprint density at radius 2 is 1.50 bits per heavy atom. The van der Waals surface area contributed by atoms with Crippen molar-refractivity contribution < 1.29 is 9.53 Å². The van der Waals surface area contributed by atoms with E-state index in [9.17, 15) is 0 Å². The third-order valence-electron chi connectivity index (χ3n) is 3.20.